The fraction of sp³-hybridized carbons (Fsp3) is 0.273. The molecule has 0 spiro atoms. The molecule has 0 aliphatic carbocycles. The summed E-state index contributed by atoms with van der Waals surface area (Å²) in [5.74, 6) is -0.230. The second-order valence-corrected chi connectivity index (χ2v) is 5.22. The second-order valence-electron chi connectivity index (χ2n) is 3.12. The van der Waals surface area contributed by atoms with Crippen molar-refractivity contribution in [3.63, 3.8) is 0 Å². The molecule has 0 unspecified atom stereocenters. The fourth-order valence-corrected chi connectivity index (χ4v) is 2.20. The van der Waals surface area contributed by atoms with E-state index < -0.39 is 5.97 Å². The van der Waals surface area contributed by atoms with Gasteiger partial charge in [0, 0.05) is 23.3 Å². The Labute approximate surface area is 108 Å². The summed E-state index contributed by atoms with van der Waals surface area (Å²) in [6, 6.07) is 3.42. The van der Waals surface area contributed by atoms with E-state index in [2.05, 4.69) is 5.32 Å². The molecule has 1 aromatic rings. The number of thioether (sulfide) groups is 1. The molecular weight excluding hydrogens is 258 g/mol. The van der Waals surface area contributed by atoms with E-state index >= 15 is 0 Å². The maximum absolute atomic E-state index is 11.6. The zero-order valence-corrected chi connectivity index (χ0v) is 10.9. The van der Waals surface area contributed by atoms with Crippen molar-refractivity contribution in [2.45, 2.75) is 0 Å². The molecule has 92 valence electrons. The standard InChI is InChI=1S/C11H13NO3S2/c1-16-7-6-12-11(15)9-4-2-8(17-9)3-5-10(13)14/h2-5H,6-7H2,1H3,(H,12,15)(H,13,14). The van der Waals surface area contributed by atoms with Crippen LogP contribution in [-0.4, -0.2) is 35.5 Å². The van der Waals surface area contributed by atoms with Crippen molar-refractivity contribution in [1.29, 1.82) is 0 Å². The number of thiophene rings is 1. The second kappa shape index (κ2) is 7.13. The van der Waals surface area contributed by atoms with Crippen LogP contribution in [0.15, 0.2) is 18.2 Å². The lowest BCUT2D eigenvalue weighted by atomic mass is 10.4. The molecule has 1 aromatic heterocycles. The fourth-order valence-electron chi connectivity index (χ4n) is 1.07. The molecule has 1 heterocycles. The highest BCUT2D eigenvalue weighted by atomic mass is 32.2. The third-order valence-electron chi connectivity index (χ3n) is 1.83. The van der Waals surface area contributed by atoms with Gasteiger partial charge in [-0.25, -0.2) is 4.79 Å². The Bertz CT molecular complexity index is 426. The van der Waals surface area contributed by atoms with E-state index in [0.29, 0.717) is 11.4 Å². The van der Waals surface area contributed by atoms with Crippen LogP contribution in [0.5, 0.6) is 0 Å². The van der Waals surface area contributed by atoms with E-state index in [4.69, 9.17) is 5.11 Å². The number of carbonyl (C=O) groups excluding carboxylic acids is 1. The van der Waals surface area contributed by atoms with Crippen LogP contribution in [0.4, 0.5) is 0 Å². The maximum Gasteiger partial charge on any atom is 0.328 e. The van der Waals surface area contributed by atoms with Crippen LogP contribution in [0, 0.1) is 0 Å². The predicted molar refractivity (Wildman–Crippen MR) is 71.7 cm³/mol. The lowest BCUT2D eigenvalue weighted by molar-refractivity contribution is -0.131. The smallest absolute Gasteiger partial charge is 0.328 e. The average molecular weight is 271 g/mol. The zero-order valence-electron chi connectivity index (χ0n) is 9.30. The van der Waals surface area contributed by atoms with Crippen molar-refractivity contribution in [1.82, 2.24) is 5.32 Å². The summed E-state index contributed by atoms with van der Waals surface area (Å²) in [7, 11) is 0. The number of hydrogen-bond donors (Lipinski definition) is 2. The summed E-state index contributed by atoms with van der Waals surface area (Å²) in [4.78, 5) is 23.3. The number of amides is 1. The van der Waals surface area contributed by atoms with Crippen LogP contribution < -0.4 is 5.32 Å². The molecule has 0 aliphatic rings. The van der Waals surface area contributed by atoms with E-state index in [1.165, 1.54) is 17.4 Å². The molecule has 0 saturated heterocycles. The molecule has 0 aromatic carbocycles. The Morgan fingerprint density at radius 1 is 1.53 bits per heavy atom. The first-order chi connectivity index (χ1) is 8.13. The molecule has 0 fully saturated rings. The molecule has 17 heavy (non-hydrogen) atoms. The van der Waals surface area contributed by atoms with E-state index in [9.17, 15) is 9.59 Å². The predicted octanol–water partition coefficient (Wildman–Crippen LogP) is 1.94. The summed E-state index contributed by atoms with van der Waals surface area (Å²) in [6.07, 6.45) is 4.51. The average Bonchev–Trinajstić information content (AvgIpc) is 2.75. The molecule has 6 heteroatoms. The summed E-state index contributed by atoms with van der Waals surface area (Å²) in [5.41, 5.74) is 0. The summed E-state index contributed by atoms with van der Waals surface area (Å²) >= 11 is 2.94. The van der Waals surface area contributed by atoms with Gasteiger partial charge in [-0.1, -0.05) is 0 Å². The summed E-state index contributed by atoms with van der Waals surface area (Å²) in [5, 5.41) is 11.3. The maximum atomic E-state index is 11.6. The minimum atomic E-state index is -0.996. The van der Waals surface area contributed by atoms with Gasteiger partial charge in [-0.05, 0) is 24.5 Å². The number of nitrogens with one attached hydrogen (secondary N) is 1. The van der Waals surface area contributed by atoms with Crippen LogP contribution in [0.25, 0.3) is 6.08 Å². The van der Waals surface area contributed by atoms with E-state index in [1.54, 1.807) is 23.9 Å². The summed E-state index contributed by atoms with van der Waals surface area (Å²) < 4.78 is 0. The quantitative estimate of drug-likeness (QED) is 0.613. The molecule has 0 saturated carbocycles. The zero-order chi connectivity index (χ0) is 12.7. The number of carbonyl (C=O) groups is 2. The van der Waals surface area contributed by atoms with Crippen molar-refractivity contribution >= 4 is 41.1 Å². The van der Waals surface area contributed by atoms with Gasteiger partial charge in [0.1, 0.15) is 0 Å². The third-order valence-corrected chi connectivity index (χ3v) is 3.49. The van der Waals surface area contributed by atoms with Gasteiger partial charge >= 0.3 is 5.97 Å². The van der Waals surface area contributed by atoms with Crippen molar-refractivity contribution in [2.75, 3.05) is 18.6 Å². The number of rotatable bonds is 6. The highest BCUT2D eigenvalue weighted by molar-refractivity contribution is 7.98. The lowest BCUT2D eigenvalue weighted by Crippen LogP contribution is -2.24. The normalized spacial score (nSPS) is 10.6. The molecule has 0 bridgehead atoms. The van der Waals surface area contributed by atoms with Gasteiger partial charge in [0.25, 0.3) is 5.91 Å². The molecule has 0 aliphatic heterocycles. The van der Waals surface area contributed by atoms with Crippen LogP contribution in [0.3, 0.4) is 0 Å². The number of carboxylic acids is 1. The van der Waals surface area contributed by atoms with Gasteiger partial charge in [0.05, 0.1) is 4.88 Å². The monoisotopic (exact) mass is 271 g/mol. The lowest BCUT2D eigenvalue weighted by Gasteiger charge is -2.00. The first-order valence-corrected chi connectivity index (χ1v) is 7.12. The van der Waals surface area contributed by atoms with Crippen molar-refractivity contribution in [2.24, 2.45) is 0 Å². The third kappa shape index (κ3) is 5.06. The van der Waals surface area contributed by atoms with Crippen molar-refractivity contribution in [3.05, 3.63) is 28.0 Å². The van der Waals surface area contributed by atoms with Gasteiger partial charge in [-0.3, -0.25) is 4.79 Å². The van der Waals surface area contributed by atoms with E-state index in [1.807, 2.05) is 6.26 Å². The Morgan fingerprint density at radius 3 is 2.94 bits per heavy atom. The minimum absolute atomic E-state index is 0.112. The number of aliphatic carboxylic acids is 1. The van der Waals surface area contributed by atoms with E-state index in [0.717, 1.165) is 16.7 Å². The number of hydrogen-bond acceptors (Lipinski definition) is 4. The largest absolute Gasteiger partial charge is 0.478 e. The van der Waals surface area contributed by atoms with Gasteiger partial charge in [-0.15, -0.1) is 11.3 Å². The minimum Gasteiger partial charge on any atom is -0.478 e. The highest BCUT2D eigenvalue weighted by Crippen LogP contribution is 2.17. The topological polar surface area (TPSA) is 66.4 Å². The molecule has 1 rings (SSSR count). The molecule has 4 nitrogen and oxygen atoms in total. The Morgan fingerprint density at radius 2 is 2.29 bits per heavy atom. The number of carboxylic acid groups (broad SMARTS) is 1. The van der Waals surface area contributed by atoms with Crippen LogP contribution in [-0.2, 0) is 4.79 Å². The molecule has 1 amide bonds. The summed E-state index contributed by atoms with van der Waals surface area (Å²) in [6.45, 7) is 0.637. The molecule has 0 atom stereocenters. The first kappa shape index (κ1) is 13.8. The van der Waals surface area contributed by atoms with Crippen molar-refractivity contribution < 1.29 is 14.7 Å². The Kier molecular flexibility index (Phi) is 5.79. The highest BCUT2D eigenvalue weighted by Gasteiger charge is 2.07. The Hall–Kier alpha value is -1.27. The van der Waals surface area contributed by atoms with Gasteiger partial charge in [-0.2, -0.15) is 11.8 Å². The van der Waals surface area contributed by atoms with E-state index in [-0.39, 0.29) is 5.91 Å². The van der Waals surface area contributed by atoms with Crippen LogP contribution in [0.2, 0.25) is 0 Å². The SMILES string of the molecule is CSCCNC(=O)c1ccc(C=CC(=O)O)s1. The van der Waals surface area contributed by atoms with Crippen LogP contribution >= 0.6 is 23.1 Å². The van der Waals surface area contributed by atoms with Gasteiger partial charge < -0.3 is 10.4 Å². The van der Waals surface area contributed by atoms with Gasteiger partial charge in [0.15, 0.2) is 0 Å². The van der Waals surface area contributed by atoms with Gasteiger partial charge in [0.2, 0.25) is 0 Å². The van der Waals surface area contributed by atoms with Crippen molar-refractivity contribution in [3.8, 4) is 0 Å². The molecule has 0 radical (unpaired) electrons. The Balaban J connectivity index is 2.55. The first-order valence-electron chi connectivity index (χ1n) is 4.91. The molecule has 2 N–H and O–H groups in total. The molecular formula is C11H13NO3S2. The van der Waals surface area contributed by atoms with Crippen LogP contribution in [0.1, 0.15) is 14.5 Å².